The fraction of sp³-hybridized carbons (Fsp3) is 0.281. The molecule has 0 saturated heterocycles. The first-order valence-corrected chi connectivity index (χ1v) is 13.8. The van der Waals surface area contributed by atoms with Gasteiger partial charge in [-0.15, -0.1) is 0 Å². The van der Waals surface area contributed by atoms with E-state index in [1.165, 1.54) is 54.6 Å². The van der Waals surface area contributed by atoms with E-state index in [1.54, 1.807) is 24.3 Å². The van der Waals surface area contributed by atoms with E-state index in [0.717, 1.165) is 19.3 Å². The number of hydrogen-bond acceptors (Lipinski definition) is 9. The molecule has 1 atom stereocenters. The molecule has 0 amide bonds. The number of unbranched alkanes of at least 4 members (excludes halogenated alkanes) is 4. The predicted octanol–water partition coefficient (Wildman–Crippen LogP) is 6.37. The highest BCUT2D eigenvalue weighted by Gasteiger charge is 2.21. The number of carbonyl (C=O) groups excluding carboxylic acids is 3. The van der Waals surface area contributed by atoms with Crippen LogP contribution in [-0.2, 0) is 14.3 Å². The van der Waals surface area contributed by atoms with E-state index in [9.17, 15) is 27.6 Å². The van der Waals surface area contributed by atoms with Gasteiger partial charge in [0.1, 0.15) is 11.5 Å². The van der Waals surface area contributed by atoms with Crippen LogP contribution in [0.2, 0.25) is 0 Å². The van der Waals surface area contributed by atoms with Crippen LogP contribution in [0.4, 0.5) is 24.5 Å². The average Bonchev–Trinajstić information content (AvgIpc) is 2.99. The monoisotopic (exact) mass is 614 g/mol. The van der Waals surface area contributed by atoms with Gasteiger partial charge >= 0.3 is 24.3 Å². The maximum Gasteiger partial charge on any atom is 0.343 e. The third-order valence-electron chi connectivity index (χ3n) is 6.02. The van der Waals surface area contributed by atoms with Crippen LogP contribution in [0.15, 0.2) is 72.8 Å². The van der Waals surface area contributed by atoms with Crippen molar-refractivity contribution in [2.45, 2.75) is 44.9 Å². The molecule has 0 aliphatic rings. The number of carbonyl (C=O) groups is 3. The lowest BCUT2D eigenvalue weighted by molar-refractivity contribution is -0.137. The summed E-state index contributed by atoms with van der Waals surface area (Å²) in [5, 5.41) is 0. The van der Waals surface area contributed by atoms with Crippen LogP contribution >= 0.6 is 0 Å². The number of nitrogen functional groups attached to an aromatic ring is 2. The molecule has 44 heavy (non-hydrogen) atoms. The fourth-order valence-electron chi connectivity index (χ4n) is 3.83. The quantitative estimate of drug-likeness (QED) is 0.0619. The number of ether oxygens (including phenoxy) is 4. The molecule has 0 fully saturated rings. The topological polar surface area (TPSA) is 140 Å². The Bertz CT molecular complexity index is 1390. The van der Waals surface area contributed by atoms with Crippen molar-refractivity contribution < 1.29 is 46.5 Å². The Hall–Kier alpha value is -5.00. The van der Waals surface area contributed by atoms with Gasteiger partial charge in [-0.2, -0.15) is 4.39 Å². The number of anilines is 2. The maximum atomic E-state index is 13.0. The smallest absolute Gasteiger partial charge is 0.343 e. The van der Waals surface area contributed by atoms with Gasteiger partial charge < -0.3 is 30.4 Å². The Labute approximate surface area is 252 Å². The van der Waals surface area contributed by atoms with Gasteiger partial charge in [-0.05, 0) is 79.1 Å². The summed E-state index contributed by atoms with van der Waals surface area (Å²) in [7, 11) is 0. The van der Waals surface area contributed by atoms with E-state index in [4.69, 9.17) is 25.7 Å². The zero-order chi connectivity index (χ0) is 31.9. The SMILES string of the molecule is Nc1cc(N)cc(C(=O)OCCCCCCCOC(=O)C=Cc2ccc(OC(=O)c3ccc(OC(F)C(F)F)cc3)cc2)c1. The van der Waals surface area contributed by atoms with Gasteiger partial charge in [0.2, 0.25) is 0 Å². The molecular weight excluding hydrogens is 581 g/mol. The molecule has 1 unspecified atom stereocenters. The number of benzene rings is 3. The second-order valence-corrected chi connectivity index (χ2v) is 9.58. The van der Waals surface area contributed by atoms with Gasteiger partial charge in [-0.25, -0.2) is 23.2 Å². The second-order valence-electron chi connectivity index (χ2n) is 9.58. The number of rotatable bonds is 16. The minimum atomic E-state index is -3.29. The summed E-state index contributed by atoms with van der Waals surface area (Å²) in [6.07, 6.45) is 0.817. The maximum absolute atomic E-state index is 13.0. The van der Waals surface area contributed by atoms with Crippen molar-refractivity contribution in [2.75, 3.05) is 24.7 Å². The summed E-state index contributed by atoms with van der Waals surface area (Å²) in [5.41, 5.74) is 13.3. The Morgan fingerprint density at radius 2 is 1.25 bits per heavy atom. The zero-order valence-electron chi connectivity index (χ0n) is 23.8. The minimum absolute atomic E-state index is 0.110. The molecule has 0 aliphatic heterocycles. The highest BCUT2D eigenvalue weighted by Crippen LogP contribution is 2.20. The summed E-state index contributed by atoms with van der Waals surface area (Å²) in [5.74, 6) is -1.58. The van der Waals surface area contributed by atoms with Crippen LogP contribution in [0.1, 0.15) is 58.4 Å². The van der Waals surface area contributed by atoms with E-state index < -0.39 is 30.7 Å². The van der Waals surface area contributed by atoms with E-state index in [0.29, 0.717) is 35.3 Å². The highest BCUT2D eigenvalue weighted by atomic mass is 19.3. The van der Waals surface area contributed by atoms with Gasteiger partial charge in [-0.3, -0.25) is 0 Å². The third-order valence-corrected chi connectivity index (χ3v) is 6.02. The van der Waals surface area contributed by atoms with Crippen molar-refractivity contribution >= 4 is 35.4 Å². The van der Waals surface area contributed by atoms with Crippen LogP contribution in [0.25, 0.3) is 6.08 Å². The second kappa shape index (κ2) is 17.2. The van der Waals surface area contributed by atoms with E-state index in [1.807, 2.05) is 0 Å². The summed E-state index contributed by atoms with van der Waals surface area (Å²) in [6.45, 7) is 0.564. The fourth-order valence-corrected chi connectivity index (χ4v) is 3.83. The molecule has 4 N–H and O–H groups in total. The number of esters is 3. The summed E-state index contributed by atoms with van der Waals surface area (Å²) in [4.78, 5) is 36.3. The van der Waals surface area contributed by atoms with E-state index >= 15 is 0 Å². The van der Waals surface area contributed by atoms with Crippen LogP contribution in [0, 0.1) is 0 Å². The predicted molar refractivity (Wildman–Crippen MR) is 158 cm³/mol. The van der Waals surface area contributed by atoms with E-state index in [2.05, 4.69) is 4.74 Å². The van der Waals surface area contributed by atoms with Crippen LogP contribution in [0.3, 0.4) is 0 Å². The molecule has 12 heteroatoms. The first kappa shape index (κ1) is 33.5. The summed E-state index contributed by atoms with van der Waals surface area (Å²) < 4.78 is 57.6. The highest BCUT2D eigenvalue weighted by molar-refractivity contribution is 5.92. The van der Waals surface area contributed by atoms with Crippen molar-refractivity contribution in [2.24, 2.45) is 0 Å². The van der Waals surface area contributed by atoms with E-state index in [-0.39, 0.29) is 30.3 Å². The summed E-state index contributed by atoms with van der Waals surface area (Å²) in [6, 6.07) is 15.8. The normalized spacial score (nSPS) is 11.7. The van der Waals surface area contributed by atoms with Crippen molar-refractivity contribution in [1.29, 1.82) is 0 Å². The third kappa shape index (κ3) is 11.7. The molecule has 3 aromatic carbocycles. The molecule has 0 saturated carbocycles. The van der Waals surface area contributed by atoms with Crippen molar-refractivity contribution in [1.82, 2.24) is 0 Å². The Kier molecular flexibility index (Phi) is 13.1. The standard InChI is InChI=1S/C32H33F3N2O7/c33-29(34)30(35)43-26-13-9-22(10-14-26)32(40)44-27-11-6-21(7-12-27)8-15-28(38)41-16-4-2-1-3-5-17-42-31(39)23-18-24(36)20-25(37)19-23/h6-15,18-20,29-30H,1-5,16-17,36-37H2. The molecular formula is C32H33F3N2O7. The Morgan fingerprint density at radius 1 is 0.682 bits per heavy atom. The number of alkyl halides is 3. The molecule has 0 heterocycles. The number of halogens is 3. The van der Waals surface area contributed by atoms with Crippen LogP contribution in [0.5, 0.6) is 11.5 Å². The van der Waals surface area contributed by atoms with Crippen LogP contribution in [-0.4, -0.2) is 43.9 Å². The van der Waals surface area contributed by atoms with Crippen molar-refractivity contribution in [3.8, 4) is 11.5 Å². The lowest BCUT2D eigenvalue weighted by atomic mass is 10.1. The molecule has 0 aromatic heterocycles. The number of hydrogen-bond donors (Lipinski definition) is 2. The van der Waals surface area contributed by atoms with Gasteiger partial charge in [0.05, 0.1) is 24.3 Å². The van der Waals surface area contributed by atoms with Gasteiger partial charge in [0.15, 0.2) is 0 Å². The molecule has 0 spiro atoms. The average molecular weight is 615 g/mol. The van der Waals surface area contributed by atoms with Gasteiger partial charge in [0.25, 0.3) is 6.36 Å². The van der Waals surface area contributed by atoms with Crippen molar-refractivity contribution in [3.05, 3.63) is 89.5 Å². The largest absolute Gasteiger partial charge is 0.463 e. The molecule has 9 nitrogen and oxygen atoms in total. The lowest BCUT2D eigenvalue weighted by Gasteiger charge is -2.10. The zero-order valence-corrected chi connectivity index (χ0v) is 23.8. The molecule has 3 aromatic rings. The Balaban J connectivity index is 1.27. The van der Waals surface area contributed by atoms with Gasteiger partial charge in [-0.1, -0.05) is 31.4 Å². The lowest BCUT2D eigenvalue weighted by Crippen LogP contribution is -2.19. The first-order chi connectivity index (χ1) is 21.1. The first-order valence-electron chi connectivity index (χ1n) is 13.8. The van der Waals surface area contributed by atoms with Crippen molar-refractivity contribution in [3.63, 3.8) is 0 Å². The molecule has 3 rings (SSSR count). The molecule has 0 bridgehead atoms. The molecule has 0 radical (unpaired) electrons. The Morgan fingerprint density at radius 3 is 1.86 bits per heavy atom. The van der Waals surface area contributed by atoms with Crippen LogP contribution < -0.4 is 20.9 Å². The molecule has 0 aliphatic carbocycles. The van der Waals surface area contributed by atoms with Gasteiger partial charge in [0, 0.05) is 17.5 Å². The minimum Gasteiger partial charge on any atom is -0.463 e. The molecule has 234 valence electrons. The number of nitrogens with two attached hydrogens (primary N) is 2. The summed E-state index contributed by atoms with van der Waals surface area (Å²) >= 11 is 0.